The molecule has 100 valence electrons. The van der Waals surface area contributed by atoms with Gasteiger partial charge in [0.2, 0.25) is 0 Å². The van der Waals surface area contributed by atoms with Crippen LogP contribution in [0.15, 0.2) is 16.5 Å². The average Bonchev–Trinajstić information content (AvgIpc) is 3.09. The molecular formula is C15H18N2OS. The summed E-state index contributed by atoms with van der Waals surface area (Å²) in [4.78, 5) is 16.9. The van der Waals surface area contributed by atoms with Crippen LogP contribution in [0.4, 0.5) is 0 Å². The molecule has 2 bridgehead atoms. The summed E-state index contributed by atoms with van der Waals surface area (Å²) in [5, 5.41) is 2.03. The van der Waals surface area contributed by atoms with Gasteiger partial charge in [-0.15, -0.1) is 11.3 Å². The van der Waals surface area contributed by atoms with Crippen LogP contribution in [-0.4, -0.2) is 9.55 Å². The summed E-state index contributed by atoms with van der Waals surface area (Å²) < 4.78 is 2.67. The van der Waals surface area contributed by atoms with E-state index in [2.05, 4.69) is 4.98 Å². The first-order chi connectivity index (χ1) is 9.22. The van der Waals surface area contributed by atoms with Crippen LogP contribution in [0.25, 0.3) is 10.2 Å². The quantitative estimate of drug-likeness (QED) is 0.843. The Bertz CT molecular complexity index is 687. The van der Waals surface area contributed by atoms with E-state index in [1.807, 2.05) is 16.9 Å². The molecule has 19 heavy (non-hydrogen) atoms. The van der Waals surface area contributed by atoms with Crippen LogP contribution in [-0.2, 0) is 6.54 Å². The van der Waals surface area contributed by atoms with Gasteiger partial charge in [0, 0.05) is 6.54 Å². The van der Waals surface area contributed by atoms with E-state index in [1.165, 1.54) is 37.0 Å². The zero-order valence-electron chi connectivity index (χ0n) is 11.1. The Labute approximate surface area is 116 Å². The number of aryl methyl sites for hydroxylation is 1. The minimum atomic E-state index is 0.158. The SMILES string of the molecule is Cc1csc2c(=O)n(CC3CC4CCC3C4)cnc12. The molecule has 4 rings (SSSR count). The van der Waals surface area contributed by atoms with Gasteiger partial charge in [-0.3, -0.25) is 9.36 Å². The molecule has 0 aliphatic heterocycles. The van der Waals surface area contributed by atoms with Crippen LogP contribution in [0, 0.1) is 24.7 Å². The van der Waals surface area contributed by atoms with E-state index in [0.29, 0.717) is 5.92 Å². The number of hydrogen-bond acceptors (Lipinski definition) is 3. The Balaban J connectivity index is 1.68. The van der Waals surface area contributed by atoms with Gasteiger partial charge in [-0.1, -0.05) is 6.42 Å². The predicted molar refractivity (Wildman–Crippen MR) is 77.6 cm³/mol. The maximum atomic E-state index is 12.5. The number of rotatable bonds is 2. The molecule has 0 radical (unpaired) electrons. The maximum absolute atomic E-state index is 12.5. The molecule has 2 saturated carbocycles. The van der Waals surface area contributed by atoms with Crippen molar-refractivity contribution in [3.63, 3.8) is 0 Å². The van der Waals surface area contributed by atoms with E-state index < -0.39 is 0 Å². The van der Waals surface area contributed by atoms with E-state index in [0.717, 1.165) is 34.2 Å². The molecule has 0 N–H and O–H groups in total. The van der Waals surface area contributed by atoms with Gasteiger partial charge in [-0.25, -0.2) is 4.98 Å². The standard InChI is InChI=1S/C15H18N2OS/c1-9-7-19-14-13(9)16-8-17(15(14)18)6-12-5-10-2-3-11(12)4-10/h7-8,10-12H,2-6H2,1H3. The van der Waals surface area contributed by atoms with E-state index >= 15 is 0 Å². The highest BCUT2D eigenvalue weighted by atomic mass is 32.1. The fourth-order valence-corrected chi connectivity index (χ4v) is 4.99. The summed E-state index contributed by atoms with van der Waals surface area (Å²) in [5.74, 6) is 2.50. The molecule has 3 unspecified atom stereocenters. The minimum absolute atomic E-state index is 0.158. The highest BCUT2D eigenvalue weighted by molar-refractivity contribution is 7.17. The summed E-state index contributed by atoms with van der Waals surface area (Å²) in [6.07, 6.45) is 7.26. The largest absolute Gasteiger partial charge is 0.298 e. The highest BCUT2D eigenvalue weighted by Gasteiger charge is 2.39. The molecular weight excluding hydrogens is 256 g/mol. The summed E-state index contributed by atoms with van der Waals surface area (Å²) in [6, 6.07) is 0. The van der Waals surface area contributed by atoms with E-state index in [9.17, 15) is 4.79 Å². The van der Waals surface area contributed by atoms with Gasteiger partial charge in [0.15, 0.2) is 0 Å². The molecule has 2 aromatic heterocycles. The van der Waals surface area contributed by atoms with Gasteiger partial charge >= 0.3 is 0 Å². The van der Waals surface area contributed by atoms with Gasteiger partial charge in [-0.05, 0) is 54.9 Å². The lowest BCUT2D eigenvalue weighted by molar-refractivity contribution is 0.292. The zero-order chi connectivity index (χ0) is 13.0. The third-order valence-electron chi connectivity index (χ3n) is 5.04. The van der Waals surface area contributed by atoms with Crippen molar-refractivity contribution in [2.45, 2.75) is 39.2 Å². The van der Waals surface area contributed by atoms with Crippen LogP contribution in [0.1, 0.15) is 31.2 Å². The second-order valence-corrected chi connectivity index (χ2v) is 7.11. The fraction of sp³-hybridized carbons (Fsp3) is 0.600. The van der Waals surface area contributed by atoms with Crippen LogP contribution in [0.2, 0.25) is 0 Å². The van der Waals surface area contributed by atoms with Crippen LogP contribution in [0.5, 0.6) is 0 Å². The zero-order valence-corrected chi connectivity index (χ0v) is 11.9. The second kappa shape index (κ2) is 4.17. The van der Waals surface area contributed by atoms with E-state index in [-0.39, 0.29) is 5.56 Å². The predicted octanol–water partition coefficient (Wildman–Crippen LogP) is 3.20. The Hall–Kier alpha value is -1.16. The van der Waals surface area contributed by atoms with Crippen molar-refractivity contribution >= 4 is 21.6 Å². The van der Waals surface area contributed by atoms with Crippen LogP contribution < -0.4 is 5.56 Å². The van der Waals surface area contributed by atoms with E-state index in [4.69, 9.17) is 0 Å². The second-order valence-electron chi connectivity index (χ2n) is 6.23. The Morgan fingerprint density at radius 2 is 2.32 bits per heavy atom. The molecule has 0 spiro atoms. The lowest BCUT2D eigenvalue weighted by Crippen LogP contribution is -2.26. The van der Waals surface area contributed by atoms with Crippen molar-refractivity contribution in [3.05, 3.63) is 27.6 Å². The number of hydrogen-bond donors (Lipinski definition) is 0. The molecule has 3 nitrogen and oxygen atoms in total. The number of thiophene rings is 1. The molecule has 0 aromatic carbocycles. The highest BCUT2D eigenvalue weighted by Crippen LogP contribution is 2.48. The summed E-state index contributed by atoms with van der Waals surface area (Å²) >= 11 is 1.53. The molecule has 0 saturated heterocycles. The number of nitrogens with zero attached hydrogens (tertiary/aromatic N) is 2. The van der Waals surface area contributed by atoms with Gasteiger partial charge < -0.3 is 0 Å². The Morgan fingerprint density at radius 3 is 3.05 bits per heavy atom. The van der Waals surface area contributed by atoms with E-state index in [1.54, 1.807) is 6.33 Å². The average molecular weight is 274 g/mol. The fourth-order valence-electron chi connectivity index (χ4n) is 4.04. The maximum Gasteiger partial charge on any atom is 0.271 e. The summed E-state index contributed by atoms with van der Waals surface area (Å²) in [5.41, 5.74) is 2.16. The van der Waals surface area contributed by atoms with Gasteiger partial charge in [-0.2, -0.15) is 0 Å². The van der Waals surface area contributed by atoms with Gasteiger partial charge in [0.05, 0.1) is 11.8 Å². The Kier molecular flexibility index (Phi) is 2.56. The first kappa shape index (κ1) is 11.6. The first-order valence-corrected chi connectivity index (χ1v) is 8.03. The topological polar surface area (TPSA) is 34.9 Å². The third kappa shape index (κ3) is 1.76. The van der Waals surface area contributed by atoms with Gasteiger partial charge in [0.1, 0.15) is 4.70 Å². The van der Waals surface area contributed by atoms with Crippen molar-refractivity contribution in [1.82, 2.24) is 9.55 Å². The summed E-state index contributed by atoms with van der Waals surface area (Å²) in [7, 11) is 0. The minimum Gasteiger partial charge on any atom is -0.298 e. The molecule has 2 aliphatic rings. The molecule has 3 atom stereocenters. The molecule has 0 amide bonds. The smallest absolute Gasteiger partial charge is 0.271 e. The van der Waals surface area contributed by atoms with Crippen molar-refractivity contribution in [3.8, 4) is 0 Å². The molecule has 2 heterocycles. The van der Waals surface area contributed by atoms with Crippen LogP contribution >= 0.6 is 11.3 Å². The van der Waals surface area contributed by atoms with Crippen LogP contribution in [0.3, 0.4) is 0 Å². The lowest BCUT2D eigenvalue weighted by atomic mass is 9.89. The number of aromatic nitrogens is 2. The van der Waals surface area contributed by atoms with Crippen molar-refractivity contribution in [2.75, 3.05) is 0 Å². The molecule has 2 aliphatic carbocycles. The first-order valence-electron chi connectivity index (χ1n) is 7.15. The molecule has 2 fully saturated rings. The molecule has 2 aromatic rings. The summed E-state index contributed by atoms with van der Waals surface area (Å²) in [6.45, 7) is 2.89. The van der Waals surface area contributed by atoms with Crippen molar-refractivity contribution in [2.24, 2.45) is 17.8 Å². The molecule has 4 heteroatoms. The normalized spacial score (nSPS) is 29.4. The van der Waals surface area contributed by atoms with Crippen molar-refractivity contribution < 1.29 is 0 Å². The van der Waals surface area contributed by atoms with Gasteiger partial charge in [0.25, 0.3) is 5.56 Å². The van der Waals surface area contributed by atoms with Crippen molar-refractivity contribution in [1.29, 1.82) is 0 Å². The Morgan fingerprint density at radius 1 is 1.42 bits per heavy atom. The number of fused-ring (bicyclic) bond motifs is 3. The third-order valence-corrected chi connectivity index (χ3v) is 6.11. The lowest BCUT2D eigenvalue weighted by Gasteiger charge is -2.22. The monoisotopic (exact) mass is 274 g/mol.